The molecule has 0 bridgehead atoms. The van der Waals surface area contributed by atoms with E-state index in [4.69, 9.17) is 0 Å². The van der Waals surface area contributed by atoms with Gasteiger partial charge in [0, 0.05) is 37.9 Å². The molecule has 5 nitrogen and oxygen atoms in total. The zero-order chi connectivity index (χ0) is 17.2. The molecule has 1 aromatic heterocycles. The molecular weight excluding hydrogens is 318 g/mol. The Labute approximate surface area is 150 Å². The topological polar surface area (TPSA) is 52.6 Å². The summed E-state index contributed by atoms with van der Waals surface area (Å²) in [5.41, 5.74) is 1.08. The highest BCUT2D eigenvalue weighted by molar-refractivity contribution is 7.98. The Morgan fingerprint density at radius 3 is 2.83 bits per heavy atom. The molecule has 1 aliphatic rings. The predicted molar refractivity (Wildman–Crippen MR) is 106 cm³/mol. The van der Waals surface area contributed by atoms with E-state index >= 15 is 0 Å². The van der Waals surface area contributed by atoms with Gasteiger partial charge in [-0.05, 0) is 57.3 Å². The number of aryl methyl sites for hydroxylation is 1. The van der Waals surface area contributed by atoms with Crippen LogP contribution >= 0.6 is 11.8 Å². The maximum absolute atomic E-state index is 4.69. The summed E-state index contributed by atoms with van der Waals surface area (Å²) in [4.78, 5) is 11.7. The Morgan fingerprint density at radius 2 is 2.17 bits per heavy atom. The number of rotatable bonds is 7. The van der Waals surface area contributed by atoms with Crippen molar-refractivity contribution in [3.63, 3.8) is 0 Å². The first-order chi connectivity index (χ1) is 11.7. The number of nitrogens with zero attached hydrogens (tertiary/aromatic N) is 3. The van der Waals surface area contributed by atoms with Crippen molar-refractivity contribution in [3.05, 3.63) is 23.9 Å². The standard InChI is InChI=1S/C18H31N5S/c1-4-19-18(20-11-6-14-24-3)22-16-9-12-23(13-10-16)17-8-5-7-15(2)21-17/h5,7-8,16H,4,6,9-14H2,1-3H3,(H2,19,20,22). The van der Waals surface area contributed by atoms with Crippen molar-refractivity contribution in [1.29, 1.82) is 0 Å². The fourth-order valence-corrected chi connectivity index (χ4v) is 3.29. The van der Waals surface area contributed by atoms with Gasteiger partial charge in [0.2, 0.25) is 0 Å². The van der Waals surface area contributed by atoms with Crippen molar-refractivity contribution in [2.45, 2.75) is 39.2 Å². The summed E-state index contributed by atoms with van der Waals surface area (Å²) < 4.78 is 0. The van der Waals surface area contributed by atoms with E-state index in [1.165, 1.54) is 5.75 Å². The lowest BCUT2D eigenvalue weighted by Gasteiger charge is -2.34. The van der Waals surface area contributed by atoms with Crippen LogP contribution < -0.4 is 15.5 Å². The molecule has 1 aromatic rings. The van der Waals surface area contributed by atoms with Crippen LogP contribution in [0.5, 0.6) is 0 Å². The monoisotopic (exact) mass is 349 g/mol. The summed E-state index contributed by atoms with van der Waals surface area (Å²) >= 11 is 1.88. The number of hydrogen-bond acceptors (Lipinski definition) is 4. The summed E-state index contributed by atoms with van der Waals surface area (Å²) in [6.45, 7) is 8.04. The van der Waals surface area contributed by atoms with Gasteiger partial charge in [0.1, 0.15) is 5.82 Å². The SMILES string of the molecule is CCNC(=NCCCSC)NC1CCN(c2cccc(C)n2)CC1. The normalized spacial score (nSPS) is 16.3. The van der Waals surface area contributed by atoms with Gasteiger partial charge in [0.15, 0.2) is 5.96 Å². The van der Waals surface area contributed by atoms with Gasteiger partial charge in [-0.15, -0.1) is 0 Å². The van der Waals surface area contributed by atoms with E-state index < -0.39 is 0 Å². The molecule has 2 N–H and O–H groups in total. The number of aliphatic imine (C=N–C) groups is 1. The Morgan fingerprint density at radius 1 is 1.38 bits per heavy atom. The lowest BCUT2D eigenvalue weighted by Crippen LogP contribution is -2.49. The average Bonchev–Trinajstić information content (AvgIpc) is 2.59. The average molecular weight is 350 g/mol. The van der Waals surface area contributed by atoms with Gasteiger partial charge in [-0.2, -0.15) is 11.8 Å². The number of pyridine rings is 1. The van der Waals surface area contributed by atoms with Crippen molar-refractivity contribution in [2.24, 2.45) is 4.99 Å². The number of piperidine rings is 1. The Kier molecular flexibility index (Phi) is 8.22. The first-order valence-corrected chi connectivity index (χ1v) is 10.3. The van der Waals surface area contributed by atoms with Crippen LogP contribution in [-0.4, -0.2) is 55.2 Å². The van der Waals surface area contributed by atoms with E-state index in [9.17, 15) is 0 Å². The van der Waals surface area contributed by atoms with E-state index in [1.54, 1.807) is 0 Å². The lowest BCUT2D eigenvalue weighted by molar-refractivity contribution is 0.459. The van der Waals surface area contributed by atoms with E-state index in [2.05, 4.69) is 50.8 Å². The van der Waals surface area contributed by atoms with Gasteiger partial charge in [-0.3, -0.25) is 4.99 Å². The summed E-state index contributed by atoms with van der Waals surface area (Å²) in [5.74, 6) is 3.24. The molecule has 0 unspecified atom stereocenters. The summed E-state index contributed by atoms with van der Waals surface area (Å²) in [6.07, 6.45) is 5.51. The predicted octanol–water partition coefficient (Wildman–Crippen LogP) is 2.67. The molecule has 0 spiro atoms. The van der Waals surface area contributed by atoms with Crippen LogP contribution in [0.15, 0.2) is 23.2 Å². The second-order valence-corrected chi connectivity index (χ2v) is 7.14. The highest BCUT2D eigenvalue weighted by Gasteiger charge is 2.20. The first-order valence-electron chi connectivity index (χ1n) is 8.95. The van der Waals surface area contributed by atoms with Crippen molar-refractivity contribution >= 4 is 23.5 Å². The molecule has 0 aliphatic carbocycles. The maximum Gasteiger partial charge on any atom is 0.191 e. The smallest absolute Gasteiger partial charge is 0.191 e. The maximum atomic E-state index is 4.69. The minimum Gasteiger partial charge on any atom is -0.357 e. The second-order valence-electron chi connectivity index (χ2n) is 6.15. The Hall–Kier alpha value is -1.43. The highest BCUT2D eigenvalue weighted by atomic mass is 32.2. The van der Waals surface area contributed by atoms with Crippen LogP contribution in [0.25, 0.3) is 0 Å². The quantitative estimate of drug-likeness (QED) is 0.450. The van der Waals surface area contributed by atoms with Crippen LogP contribution in [-0.2, 0) is 0 Å². The molecule has 0 radical (unpaired) electrons. The van der Waals surface area contributed by atoms with Gasteiger partial charge in [-0.25, -0.2) is 4.98 Å². The summed E-state index contributed by atoms with van der Waals surface area (Å²) in [6, 6.07) is 6.74. The van der Waals surface area contributed by atoms with Gasteiger partial charge in [0.25, 0.3) is 0 Å². The molecule has 134 valence electrons. The van der Waals surface area contributed by atoms with Gasteiger partial charge in [-0.1, -0.05) is 6.07 Å². The van der Waals surface area contributed by atoms with Crippen LogP contribution in [0, 0.1) is 6.92 Å². The summed E-state index contributed by atoms with van der Waals surface area (Å²) in [7, 11) is 0. The fourth-order valence-electron chi connectivity index (χ4n) is 2.87. The van der Waals surface area contributed by atoms with Crippen LogP contribution in [0.1, 0.15) is 31.9 Å². The molecule has 0 saturated carbocycles. The molecule has 0 amide bonds. The molecule has 2 rings (SSSR count). The number of thioether (sulfide) groups is 1. The van der Waals surface area contributed by atoms with Crippen molar-refractivity contribution in [2.75, 3.05) is 43.1 Å². The van der Waals surface area contributed by atoms with Crippen LogP contribution in [0.3, 0.4) is 0 Å². The van der Waals surface area contributed by atoms with Crippen LogP contribution in [0.4, 0.5) is 5.82 Å². The number of anilines is 1. The summed E-state index contributed by atoms with van der Waals surface area (Å²) in [5, 5.41) is 6.97. The molecule has 2 heterocycles. The van der Waals surface area contributed by atoms with Crippen molar-refractivity contribution < 1.29 is 0 Å². The molecule has 1 fully saturated rings. The third-order valence-corrected chi connectivity index (χ3v) is 4.85. The largest absolute Gasteiger partial charge is 0.357 e. The minimum absolute atomic E-state index is 0.490. The third-order valence-electron chi connectivity index (χ3n) is 4.15. The lowest BCUT2D eigenvalue weighted by atomic mass is 10.1. The second kappa shape index (κ2) is 10.4. The third kappa shape index (κ3) is 6.23. The first kappa shape index (κ1) is 18.9. The highest BCUT2D eigenvalue weighted by Crippen LogP contribution is 2.18. The van der Waals surface area contributed by atoms with Gasteiger partial charge < -0.3 is 15.5 Å². The molecule has 1 aliphatic heterocycles. The zero-order valence-corrected chi connectivity index (χ0v) is 16.0. The number of guanidine groups is 1. The molecule has 24 heavy (non-hydrogen) atoms. The van der Waals surface area contributed by atoms with Gasteiger partial charge in [0.05, 0.1) is 0 Å². The fraction of sp³-hybridized carbons (Fsp3) is 0.667. The zero-order valence-electron chi connectivity index (χ0n) is 15.2. The van der Waals surface area contributed by atoms with Crippen molar-refractivity contribution in [1.82, 2.24) is 15.6 Å². The van der Waals surface area contributed by atoms with E-state index in [1.807, 2.05) is 24.8 Å². The van der Waals surface area contributed by atoms with E-state index in [0.29, 0.717) is 6.04 Å². The molecule has 0 atom stereocenters. The number of hydrogen-bond donors (Lipinski definition) is 2. The minimum atomic E-state index is 0.490. The van der Waals surface area contributed by atoms with E-state index in [-0.39, 0.29) is 0 Å². The molecular formula is C18H31N5S. The van der Waals surface area contributed by atoms with E-state index in [0.717, 1.165) is 62.9 Å². The van der Waals surface area contributed by atoms with Gasteiger partial charge >= 0.3 is 0 Å². The molecule has 0 aromatic carbocycles. The molecule has 6 heteroatoms. The van der Waals surface area contributed by atoms with Crippen molar-refractivity contribution in [3.8, 4) is 0 Å². The molecule has 1 saturated heterocycles. The van der Waals surface area contributed by atoms with Crippen LogP contribution in [0.2, 0.25) is 0 Å². The Balaban J connectivity index is 1.81. The number of nitrogens with one attached hydrogen (secondary N) is 2. The Bertz CT molecular complexity index is 512. The number of aromatic nitrogens is 1.